The van der Waals surface area contributed by atoms with E-state index in [4.69, 9.17) is 5.11 Å². The van der Waals surface area contributed by atoms with Crippen molar-refractivity contribution in [2.24, 2.45) is 5.92 Å². The SMILES string of the molecule is Cc1c(C(=O)N(CC(=O)O)CC(C)C)nnn1-c1cccc2ncccc12. The molecule has 3 aromatic rings. The van der Waals surface area contributed by atoms with Gasteiger partial charge in [-0.2, -0.15) is 0 Å². The largest absolute Gasteiger partial charge is 0.480 e. The Morgan fingerprint density at radius 1 is 1.22 bits per heavy atom. The number of carbonyl (C=O) groups is 2. The summed E-state index contributed by atoms with van der Waals surface area (Å²) < 4.78 is 1.59. The van der Waals surface area contributed by atoms with Crippen LogP contribution in [0.4, 0.5) is 0 Å². The van der Waals surface area contributed by atoms with E-state index in [1.165, 1.54) is 4.90 Å². The number of carboxylic acid groups (broad SMARTS) is 1. The highest BCUT2D eigenvalue weighted by molar-refractivity contribution is 5.95. The van der Waals surface area contributed by atoms with Crippen molar-refractivity contribution in [2.75, 3.05) is 13.1 Å². The Bertz CT molecular complexity index is 991. The highest BCUT2D eigenvalue weighted by Gasteiger charge is 2.25. The number of nitrogens with zero attached hydrogens (tertiary/aromatic N) is 5. The van der Waals surface area contributed by atoms with Gasteiger partial charge >= 0.3 is 5.97 Å². The fraction of sp³-hybridized carbons (Fsp3) is 0.316. The second kappa shape index (κ2) is 7.53. The fourth-order valence-electron chi connectivity index (χ4n) is 3.00. The Morgan fingerprint density at radius 2 is 2.00 bits per heavy atom. The molecule has 27 heavy (non-hydrogen) atoms. The van der Waals surface area contributed by atoms with Gasteiger partial charge in [0, 0.05) is 18.1 Å². The maximum absolute atomic E-state index is 12.9. The van der Waals surface area contributed by atoms with Gasteiger partial charge in [-0.1, -0.05) is 25.1 Å². The van der Waals surface area contributed by atoms with Gasteiger partial charge in [0.2, 0.25) is 0 Å². The summed E-state index contributed by atoms with van der Waals surface area (Å²) in [5.74, 6) is -1.37. The number of aliphatic carboxylic acids is 1. The molecule has 0 aliphatic carbocycles. The summed E-state index contributed by atoms with van der Waals surface area (Å²) in [6.45, 7) is 5.55. The Kier molecular flexibility index (Phi) is 5.16. The van der Waals surface area contributed by atoms with Crippen molar-refractivity contribution in [1.82, 2.24) is 24.9 Å². The number of benzene rings is 1. The molecule has 0 fully saturated rings. The van der Waals surface area contributed by atoms with E-state index in [2.05, 4.69) is 15.3 Å². The minimum Gasteiger partial charge on any atom is -0.480 e. The Morgan fingerprint density at radius 3 is 2.70 bits per heavy atom. The maximum atomic E-state index is 12.9. The molecule has 0 atom stereocenters. The Hall–Kier alpha value is -3.29. The first-order valence-electron chi connectivity index (χ1n) is 8.66. The molecule has 0 aliphatic heterocycles. The van der Waals surface area contributed by atoms with E-state index in [0.29, 0.717) is 12.2 Å². The predicted molar refractivity (Wildman–Crippen MR) is 99.8 cm³/mol. The minimum atomic E-state index is -1.06. The third kappa shape index (κ3) is 3.79. The number of hydrogen-bond acceptors (Lipinski definition) is 5. The first kappa shape index (κ1) is 18.5. The average Bonchev–Trinajstić information content (AvgIpc) is 3.00. The van der Waals surface area contributed by atoms with E-state index in [-0.39, 0.29) is 18.2 Å². The van der Waals surface area contributed by atoms with Gasteiger partial charge < -0.3 is 10.0 Å². The van der Waals surface area contributed by atoms with Crippen LogP contribution in [0.1, 0.15) is 30.0 Å². The highest BCUT2D eigenvalue weighted by atomic mass is 16.4. The van der Waals surface area contributed by atoms with Gasteiger partial charge in [-0.3, -0.25) is 14.6 Å². The van der Waals surface area contributed by atoms with Crippen LogP contribution in [0.25, 0.3) is 16.6 Å². The lowest BCUT2D eigenvalue weighted by molar-refractivity contribution is -0.137. The van der Waals surface area contributed by atoms with Gasteiger partial charge in [-0.25, -0.2) is 4.68 Å². The quantitative estimate of drug-likeness (QED) is 0.717. The minimum absolute atomic E-state index is 0.132. The summed E-state index contributed by atoms with van der Waals surface area (Å²) in [6, 6.07) is 9.40. The van der Waals surface area contributed by atoms with Crippen molar-refractivity contribution >= 4 is 22.8 Å². The molecule has 0 aliphatic rings. The fourth-order valence-corrected chi connectivity index (χ4v) is 3.00. The maximum Gasteiger partial charge on any atom is 0.323 e. The Balaban J connectivity index is 2.01. The molecule has 8 heteroatoms. The summed E-state index contributed by atoms with van der Waals surface area (Å²) in [7, 11) is 0. The summed E-state index contributed by atoms with van der Waals surface area (Å²) in [5, 5.41) is 18.2. The van der Waals surface area contributed by atoms with Crippen LogP contribution in [0.5, 0.6) is 0 Å². The van der Waals surface area contributed by atoms with Crippen LogP contribution in [-0.2, 0) is 4.79 Å². The molecule has 140 valence electrons. The van der Waals surface area contributed by atoms with Crippen LogP contribution in [0.15, 0.2) is 36.5 Å². The molecule has 2 aromatic heterocycles. The predicted octanol–water partition coefficient (Wildman–Crippen LogP) is 2.31. The van der Waals surface area contributed by atoms with Gasteiger partial charge in [-0.05, 0) is 37.1 Å². The molecule has 1 N–H and O–H groups in total. The van der Waals surface area contributed by atoms with Crippen LogP contribution in [0, 0.1) is 12.8 Å². The number of carboxylic acids is 1. The first-order valence-corrected chi connectivity index (χ1v) is 8.66. The van der Waals surface area contributed by atoms with Crippen molar-refractivity contribution < 1.29 is 14.7 Å². The summed E-state index contributed by atoms with van der Waals surface area (Å²) in [4.78, 5) is 29.6. The molecule has 1 amide bonds. The molecule has 0 radical (unpaired) electrons. The molecule has 8 nitrogen and oxygen atoms in total. The number of hydrogen-bond donors (Lipinski definition) is 1. The van der Waals surface area contributed by atoms with Gasteiger partial charge in [0.05, 0.1) is 16.9 Å². The van der Waals surface area contributed by atoms with E-state index < -0.39 is 11.9 Å². The van der Waals surface area contributed by atoms with Crippen molar-refractivity contribution in [3.8, 4) is 5.69 Å². The molecule has 0 unspecified atom stereocenters. The van der Waals surface area contributed by atoms with Crippen LogP contribution >= 0.6 is 0 Å². The molecule has 0 bridgehead atoms. The number of carbonyl (C=O) groups excluding carboxylic acids is 1. The Labute approximate surface area is 156 Å². The summed E-state index contributed by atoms with van der Waals surface area (Å²) in [6.07, 6.45) is 1.71. The molecule has 0 saturated carbocycles. The highest BCUT2D eigenvalue weighted by Crippen LogP contribution is 2.22. The van der Waals surface area contributed by atoms with Crippen molar-refractivity contribution in [1.29, 1.82) is 0 Å². The number of aromatic nitrogens is 4. The van der Waals surface area contributed by atoms with Crippen LogP contribution in [0.2, 0.25) is 0 Å². The van der Waals surface area contributed by atoms with Crippen molar-refractivity contribution in [2.45, 2.75) is 20.8 Å². The van der Waals surface area contributed by atoms with E-state index in [9.17, 15) is 9.59 Å². The molecule has 3 rings (SSSR count). The first-order chi connectivity index (χ1) is 12.9. The molecule has 1 aromatic carbocycles. The smallest absolute Gasteiger partial charge is 0.323 e. The number of fused-ring (bicyclic) bond motifs is 1. The lowest BCUT2D eigenvalue weighted by atomic mass is 10.1. The second-order valence-electron chi connectivity index (χ2n) is 6.76. The van der Waals surface area contributed by atoms with Crippen LogP contribution in [-0.4, -0.2) is 55.0 Å². The van der Waals surface area contributed by atoms with E-state index in [1.807, 2.05) is 44.2 Å². The lowest BCUT2D eigenvalue weighted by Gasteiger charge is -2.21. The normalized spacial score (nSPS) is 11.1. The van der Waals surface area contributed by atoms with Crippen molar-refractivity contribution in [3.63, 3.8) is 0 Å². The zero-order valence-corrected chi connectivity index (χ0v) is 15.5. The van der Waals surface area contributed by atoms with Crippen molar-refractivity contribution in [3.05, 3.63) is 47.9 Å². The lowest BCUT2D eigenvalue weighted by Crippen LogP contribution is -2.38. The second-order valence-corrected chi connectivity index (χ2v) is 6.76. The zero-order chi connectivity index (χ0) is 19.6. The van der Waals surface area contributed by atoms with Crippen LogP contribution < -0.4 is 0 Å². The number of amides is 1. The third-order valence-electron chi connectivity index (χ3n) is 4.15. The van der Waals surface area contributed by atoms with Gasteiger partial charge in [0.1, 0.15) is 6.54 Å². The van der Waals surface area contributed by atoms with E-state index >= 15 is 0 Å². The molecule has 0 spiro atoms. The third-order valence-corrected chi connectivity index (χ3v) is 4.15. The zero-order valence-electron chi connectivity index (χ0n) is 15.5. The molecular formula is C19H21N5O3. The summed E-state index contributed by atoms with van der Waals surface area (Å²) >= 11 is 0. The van der Waals surface area contributed by atoms with E-state index in [1.54, 1.807) is 17.8 Å². The van der Waals surface area contributed by atoms with Crippen LogP contribution in [0.3, 0.4) is 0 Å². The monoisotopic (exact) mass is 367 g/mol. The van der Waals surface area contributed by atoms with E-state index in [0.717, 1.165) is 16.6 Å². The molecular weight excluding hydrogens is 346 g/mol. The number of rotatable bonds is 6. The molecule has 0 saturated heterocycles. The van der Waals surface area contributed by atoms with Gasteiger partial charge in [-0.15, -0.1) is 5.10 Å². The van der Waals surface area contributed by atoms with Gasteiger partial charge in [0.25, 0.3) is 5.91 Å². The molecule has 2 heterocycles. The standard InChI is InChI=1S/C19H21N5O3/c1-12(2)10-23(11-17(25)26)19(27)18-13(3)24(22-21-18)16-8-4-7-15-14(16)6-5-9-20-15/h4-9,12H,10-11H2,1-3H3,(H,25,26). The van der Waals surface area contributed by atoms with Gasteiger partial charge in [0.15, 0.2) is 5.69 Å². The summed E-state index contributed by atoms with van der Waals surface area (Å²) in [5.41, 5.74) is 2.27. The topological polar surface area (TPSA) is 101 Å². The number of pyridine rings is 1. The average molecular weight is 367 g/mol.